The van der Waals surface area contributed by atoms with Gasteiger partial charge in [-0.25, -0.2) is 4.79 Å². The average molecular weight is 517 g/mol. The Morgan fingerprint density at radius 1 is 1.19 bits per heavy atom. The fraction of sp³-hybridized carbons (Fsp3) is 0.586. The Kier molecular flexibility index (Phi) is 10.3. The maximum Gasteiger partial charge on any atom is 0.347 e. The number of esters is 1. The smallest absolute Gasteiger partial charge is 0.347 e. The van der Waals surface area contributed by atoms with Gasteiger partial charge in [0.25, 0.3) is 0 Å². The molecule has 0 amide bonds. The number of benzene rings is 1. The van der Waals surface area contributed by atoms with Gasteiger partial charge >= 0.3 is 11.9 Å². The number of carbonyl (C=O) groups is 2. The molecule has 8 nitrogen and oxygen atoms in total. The fourth-order valence-corrected chi connectivity index (χ4v) is 5.46. The largest absolute Gasteiger partial charge is 0.481 e. The third-order valence-electron chi connectivity index (χ3n) is 7.33. The molecule has 0 unspecified atom stereocenters. The Morgan fingerprint density at radius 3 is 2.62 bits per heavy atom. The zero-order chi connectivity index (χ0) is 27.1. The van der Waals surface area contributed by atoms with Gasteiger partial charge in [0, 0.05) is 12.3 Å². The minimum Gasteiger partial charge on any atom is -0.481 e. The van der Waals surface area contributed by atoms with Crippen molar-refractivity contribution >= 4 is 11.9 Å². The van der Waals surface area contributed by atoms with Crippen molar-refractivity contribution in [2.24, 2.45) is 17.8 Å². The predicted molar refractivity (Wildman–Crippen MR) is 138 cm³/mol. The van der Waals surface area contributed by atoms with E-state index in [1.54, 1.807) is 12.1 Å². The molecular weight excluding hydrogens is 476 g/mol. The molecule has 0 saturated carbocycles. The lowest BCUT2D eigenvalue weighted by Crippen LogP contribution is -2.44. The normalized spacial score (nSPS) is 27.4. The van der Waals surface area contributed by atoms with E-state index in [-0.39, 0.29) is 30.6 Å². The standard InChI is InChI=1S/C29H40O8/c1-4-25(36-23-7-5-6-17(2)12-23)29(35)37-26-15-21(31)13-19-9-8-18(3)24(28(19)26)11-10-20(30)14-22(32)16-27(33)34/h5-9,12-13,18,20-22,24-26,28,30-32H,4,10-11,14-16H2,1-3H3,(H,33,34)/t18-,20-,21-,22-,24+,25+,26+,28+/m1/s1. The molecule has 4 N–H and O–H groups in total. The van der Waals surface area contributed by atoms with Crippen LogP contribution in [0.3, 0.4) is 0 Å². The number of fused-ring (bicyclic) bond motifs is 1. The first-order valence-electron chi connectivity index (χ1n) is 13.2. The van der Waals surface area contributed by atoms with Crippen molar-refractivity contribution in [3.05, 3.63) is 53.6 Å². The number of carbonyl (C=O) groups excluding carboxylic acids is 1. The molecule has 2 aliphatic rings. The predicted octanol–water partition coefficient (Wildman–Crippen LogP) is 3.56. The zero-order valence-corrected chi connectivity index (χ0v) is 21.8. The molecule has 8 heteroatoms. The molecule has 3 rings (SSSR count). The Morgan fingerprint density at radius 2 is 1.95 bits per heavy atom. The van der Waals surface area contributed by atoms with E-state index in [2.05, 4.69) is 13.0 Å². The number of aliphatic hydroxyl groups is 3. The molecule has 2 aliphatic carbocycles. The lowest BCUT2D eigenvalue weighted by Gasteiger charge is -2.43. The van der Waals surface area contributed by atoms with Gasteiger partial charge < -0.3 is 29.9 Å². The Labute approximate surface area is 218 Å². The fourth-order valence-electron chi connectivity index (χ4n) is 5.46. The molecule has 1 aromatic rings. The minimum atomic E-state index is -1.11. The molecule has 0 saturated heterocycles. The monoisotopic (exact) mass is 516 g/mol. The molecule has 8 atom stereocenters. The SMILES string of the molecule is CC[C@H](Oc1cccc(C)c1)C(=O)O[C@H]1C[C@H](O)C=C2C=C[C@@H](C)[C@H](CC[C@@H](O)C[C@@H](O)CC(=O)O)[C@H]21. The summed E-state index contributed by atoms with van der Waals surface area (Å²) in [4.78, 5) is 24.0. The van der Waals surface area contributed by atoms with E-state index in [1.807, 2.05) is 38.1 Å². The van der Waals surface area contributed by atoms with E-state index in [4.69, 9.17) is 14.6 Å². The van der Waals surface area contributed by atoms with Gasteiger partial charge in [0.1, 0.15) is 11.9 Å². The van der Waals surface area contributed by atoms with Crippen molar-refractivity contribution in [2.45, 2.75) is 89.8 Å². The van der Waals surface area contributed by atoms with E-state index < -0.39 is 48.9 Å². The third kappa shape index (κ3) is 8.15. The highest BCUT2D eigenvalue weighted by atomic mass is 16.6. The summed E-state index contributed by atoms with van der Waals surface area (Å²) in [6, 6.07) is 7.48. The van der Waals surface area contributed by atoms with E-state index in [1.165, 1.54) is 0 Å². The Bertz CT molecular complexity index is 986. The highest BCUT2D eigenvalue weighted by Crippen LogP contribution is 2.44. The number of aliphatic hydroxyl groups excluding tert-OH is 3. The van der Waals surface area contributed by atoms with Crippen molar-refractivity contribution in [3.63, 3.8) is 0 Å². The molecule has 0 aliphatic heterocycles. The van der Waals surface area contributed by atoms with Gasteiger partial charge in [-0.3, -0.25) is 4.79 Å². The summed E-state index contributed by atoms with van der Waals surface area (Å²) >= 11 is 0. The molecule has 0 fully saturated rings. The summed E-state index contributed by atoms with van der Waals surface area (Å²) in [7, 11) is 0. The summed E-state index contributed by atoms with van der Waals surface area (Å²) in [5.74, 6) is -0.965. The van der Waals surface area contributed by atoms with Crippen molar-refractivity contribution in [1.29, 1.82) is 0 Å². The quantitative estimate of drug-likeness (QED) is 0.310. The van der Waals surface area contributed by atoms with Crippen molar-refractivity contribution in [1.82, 2.24) is 0 Å². The summed E-state index contributed by atoms with van der Waals surface area (Å²) < 4.78 is 12.0. The van der Waals surface area contributed by atoms with E-state index >= 15 is 0 Å². The lowest BCUT2D eigenvalue weighted by molar-refractivity contribution is -0.163. The number of carboxylic acids is 1. The average Bonchev–Trinajstić information content (AvgIpc) is 2.81. The van der Waals surface area contributed by atoms with Gasteiger partial charge in [-0.05, 0) is 67.7 Å². The van der Waals surface area contributed by atoms with E-state index in [0.29, 0.717) is 25.0 Å². The highest BCUT2D eigenvalue weighted by Gasteiger charge is 2.42. The number of ether oxygens (including phenoxy) is 2. The van der Waals surface area contributed by atoms with E-state index in [0.717, 1.165) is 11.1 Å². The first-order chi connectivity index (χ1) is 17.6. The van der Waals surface area contributed by atoms with Gasteiger partial charge in [0.15, 0.2) is 6.10 Å². The van der Waals surface area contributed by atoms with Crippen LogP contribution < -0.4 is 4.74 Å². The number of carboxylic acid groups (broad SMARTS) is 1. The number of hydrogen-bond donors (Lipinski definition) is 4. The van der Waals surface area contributed by atoms with Crippen LogP contribution in [0.15, 0.2) is 48.1 Å². The molecule has 204 valence electrons. The number of rotatable bonds is 12. The number of hydrogen-bond acceptors (Lipinski definition) is 7. The van der Waals surface area contributed by atoms with Crippen LogP contribution in [0.25, 0.3) is 0 Å². The maximum atomic E-state index is 13.2. The van der Waals surface area contributed by atoms with Gasteiger partial charge in [0.2, 0.25) is 0 Å². The molecule has 0 heterocycles. The number of aryl methyl sites for hydroxylation is 1. The van der Waals surface area contributed by atoms with Gasteiger partial charge in [-0.2, -0.15) is 0 Å². The topological polar surface area (TPSA) is 134 Å². The Hall–Kier alpha value is -2.68. The minimum absolute atomic E-state index is 0.0117. The number of allylic oxidation sites excluding steroid dienone is 2. The van der Waals surface area contributed by atoms with Crippen LogP contribution in [0, 0.1) is 24.7 Å². The van der Waals surface area contributed by atoms with Crippen LogP contribution in [-0.2, 0) is 14.3 Å². The van der Waals surface area contributed by atoms with Crippen LogP contribution in [-0.4, -0.2) is 62.9 Å². The van der Waals surface area contributed by atoms with Crippen LogP contribution in [0.5, 0.6) is 5.75 Å². The van der Waals surface area contributed by atoms with Gasteiger partial charge in [-0.1, -0.05) is 44.2 Å². The summed E-state index contributed by atoms with van der Waals surface area (Å²) in [6.45, 7) is 5.88. The first kappa shape index (κ1) is 28.9. The highest BCUT2D eigenvalue weighted by molar-refractivity contribution is 5.75. The van der Waals surface area contributed by atoms with Gasteiger partial charge in [0.05, 0.1) is 24.7 Å². The second-order valence-electron chi connectivity index (χ2n) is 10.4. The van der Waals surface area contributed by atoms with Gasteiger partial charge in [-0.15, -0.1) is 0 Å². The van der Waals surface area contributed by atoms with Crippen LogP contribution in [0.2, 0.25) is 0 Å². The first-order valence-corrected chi connectivity index (χ1v) is 13.2. The molecule has 0 spiro atoms. The van der Waals surface area contributed by atoms with Crippen LogP contribution in [0.1, 0.15) is 57.9 Å². The van der Waals surface area contributed by atoms with Crippen LogP contribution >= 0.6 is 0 Å². The third-order valence-corrected chi connectivity index (χ3v) is 7.33. The summed E-state index contributed by atoms with van der Waals surface area (Å²) in [5, 5.41) is 39.6. The second-order valence-corrected chi connectivity index (χ2v) is 10.4. The lowest BCUT2D eigenvalue weighted by atomic mass is 9.66. The molecule has 1 aromatic carbocycles. The van der Waals surface area contributed by atoms with Crippen molar-refractivity contribution < 1.29 is 39.5 Å². The zero-order valence-electron chi connectivity index (χ0n) is 21.8. The Balaban J connectivity index is 1.70. The second kappa shape index (κ2) is 13.2. The summed E-state index contributed by atoms with van der Waals surface area (Å²) in [5.41, 5.74) is 1.93. The molecular formula is C29H40O8. The number of aliphatic carboxylic acids is 1. The molecule has 0 aromatic heterocycles. The van der Waals surface area contributed by atoms with Crippen molar-refractivity contribution in [3.8, 4) is 5.75 Å². The van der Waals surface area contributed by atoms with E-state index in [9.17, 15) is 24.9 Å². The van der Waals surface area contributed by atoms with Crippen molar-refractivity contribution in [2.75, 3.05) is 0 Å². The van der Waals surface area contributed by atoms with Crippen LogP contribution in [0.4, 0.5) is 0 Å². The molecule has 37 heavy (non-hydrogen) atoms. The molecule has 0 bridgehead atoms. The maximum absolute atomic E-state index is 13.2. The molecule has 0 radical (unpaired) electrons. The summed E-state index contributed by atoms with van der Waals surface area (Å²) in [6.07, 6.45) is 3.07.